The van der Waals surface area contributed by atoms with E-state index >= 15 is 0 Å². The van der Waals surface area contributed by atoms with Gasteiger partial charge in [-0.3, -0.25) is 0 Å². The molecule has 1 heterocycles. The lowest BCUT2D eigenvalue weighted by atomic mass is 9.99. The average Bonchev–Trinajstić information content (AvgIpc) is 2.39. The second kappa shape index (κ2) is 6.65. The van der Waals surface area contributed by atoms with Gasteiger partial charge < -0.3 is 4.90 Å². The standard InChI is InChI=1S/C14H21FN2O2S/c1-17-8-2-3-13(10-17)9-16-20(18,19)11-12-4-6-14(15)7-5-12/h4-7,13,16H,2-3,8-11H2,1H3. The first kappa shape index (κ1) is 15.4. The number of rotatable bonds is 5. The van der Waals surface area contributed by atoms with Gasteiger partial charge in [-0.15, -0.1) is 0 Å². The van der Waals surface area contributed by atoms with Crippen LogP contribution in [0.2, 0.25) is 0 Å². The average molecular weight is 300 g/mol. The molecule has 1 aromatic carbocycles. The first-order valence-electron chi connectivity index (χ1n) is 6.85. The lowest BCUT2D eigenvalue weighted by Gasteiger charge is -2.29. The van der Waals surface area contributed by atoms with Crippen LogP contribution in [0.15, 0.2) is 24.3 Å². The lowest BCUT2D eigenvalue weighted by Crippen LogP contribution is -2.39. The number of benzene rings is 1. The second-order valence-electron chi connectivity index (χ2n) is 5.50. The molecular formula is C14H21FN2O2S. The Morgan fingerprint density at radius 3 is 2.70 bits per heavy atom. The van der Waals surface area contributed by atoms with E-state index < -0.39 is 10.0 Å². The maximum atomic E-state index is 12.8. The first-order chi connectivity index (χ1) is 9.44. The quantitative estimate of drug-likeness (QED) is 0.898. The maximum absolute atomic E-state index is 12.8. The molecule has 6 heteroatoms. The summed E-state index contributed by atoms with van der Waals surface area (Å²) in [5.41, 5.74) is 0.597. The van der Waals surface area contributed by atoms with Gasteiger partial charge in [0, 0.05) is 13.1 Å². The van der Waals surface area contributed by atoms with Crippen molar-refractivity contribution < 1.29 is 12.8 Å². The fourth-order valence-corrected chi connectivity index (χ4v) is 3.76. The smallest absolute Gasteiger partial charge is 0.215 e. The molecular weight excluding hydrogens is 279 g/mol. The SMILES string of the molecule is CN1CCCC(CNS(=O)(=O)Cc2ccc(F)cc2)C1. The van der Waals surface area contributed by atoms with Crippen molar-refractivity contribution in [3.63, 3.8) is 0 Å². The van der Waals surface area contributed by atoms with E-state index in [0.717, 1.165) is 25.9 Å². The molecule has 0 radical (unpaired) electrons. The number of nitrogens with one attached hydrogen (secondary N) is 1. The molecule has 0 aliphatic carbocycles. The molecule has 20 heavy (non-hydrogen) atoms. The highest BCUT2D eigenvalue weighted by atomic mass is 32.2. The van der Waals surface area contributed by atoms with E-state index in [1.807, 2.05) is 0 Å². The van der Waals surface area contributed by atoms with Crippen molar-refractivity contribution in [3.8, 4) is 0 Å². The van der Waals surface area contributed by atoms with E-state index in [1.165, 1.54) is 24.3 Å². The lowest BCUT2D eigenvalue weighted by molar-refractivity contribution is 0.211. The predicted molar refractivity (Wildman–Crippen MR) is 77.2 cm³/mol. The zero-order valence-electron chi connectivity index (χ0n) is 11.7. The van der Waals surface area contributed by atoms with Crippen molar-refractivity contribution in [2.45, 2.75) is 18.6 Å². The van der Waals surface area contributed by atoms with Crippen LogP contribution in [0.4, 0.5) is 4.39 Å². The minimum absolute atomic E-state index is 0.101. The van der Waals surface area contributed by atoms with E-state index in [1.54, 1.807) is 0 Å². The van der Waals surface area contributed by atoms with Crippen LogP contribution in [-0.4, -0.2) is 40.0 Å². The molecule has 112 valence electrons. The summed E-state index contributed by atoms with van der Waals surface area (Å²) in [5, 5.41) is 0. The van der Waals surface area contributed by atoms with Crippen molar-refractivity contribution >= 4 is 10.0 Å². The van der Waals surface area contributed by atoms with Crippen LogP contribution in [0.5, 0.6) is 0 Å². The second-order valence-corrected chi connectivity index (χ2v) is 7.31. The normalized spacial score (nSPS) is 21.0. The zero-order valence-corrected chi connectivity index (χ0v) is 12.5. The van der Waals surface area contributed by atoms with Gasteiger partial charge in [0.15, 0.2) is 0 Å². The zero-order chi connectivity index (χ0) is 14.6. The summed E-state index contributed by atoms with van der Waals surface area (Å²) in [4.78, 5) is 2.22. The summed E-state index contributed by atoms with van der Waals surface area (Å²) in [5.74, 6) is -0.0864. The summed E-state index contributed by atoms with van der Waals surface area (Å²) in [6.07, 6.45) is 2.17. The van der Waals surface area contributed by atoms with Gasteiger partial charge in [0.2, 0.25) is 10.0 Å². The topological polar surface area (TPSA) is 49.4 Å². The van der Waals surface area contributed by atoms with Gasteiger partial charge in [-0.05, 0) is 50.0 Å². The number of hydrogen-bond acceptors (Lipinski definition) is 3. The molecule has 1 atom stereocenters. The van der Waals surface area contributed by atoms with Crippen LogP contribution in [0.1, 0.15) is 18.4 Å². The van der Waals surface area contributed by atoms with Gasteiger partial charge in [-0.2, -0.15) is 0 Å². The highest BCUT2D eigenvalue weighted by Gasteiger charge is 2.19. The van der Waals surface area contributed by atoms with Crippen LogP contribution in [0.3, 0.4) is 0 Å². The Kier molecular flexibility index (Phi) is 5.12. The van der Waals surface area contributed by atoms with Gasteiger partial charge in [0.25, 0.3) is 0 Å². The summed E-state index contributed by atoms with van der Waals surface area (Å²) in [7, 11) is -1.30. The summed E-state index contributed by atoms with van der Waals surface area (Å²) >= 11 is 0. The van der Waals surface area contributed by atoms with Crippen LogP contribution in [0.25, 0.3) is 0 Å². The number of nitrogens with zero attached hydrogens (tertiary/aromatic N) is 1. The van der Waals surface area contributed by atoms with Gasteiger partial charge in [-0.25, -0.2) is 17.5 Å². The Morgan fingerprint density at radius 1 is 1.35 bits per heavy atom. The Morgan fingerprint density at radius 2 is 2.05 bits per heavy atom. The Labute approximate surface area is 120 Å². The van der Waals surface area contributed by atoms with Crippen LogP contribution in [0, 0.1) is 11.7 Å². The number of hydrogen-bond donors (Lipinski definition) is 1. The van der Waals surface area contributed by atoms with Crippen LogP contribution in [-0.2, 0) is 15.8 Å². The van der Waals surface area contributed by atoms with Crippen molar-refractivity contribution in [1.82, 2.24) is 9.62 Å². The molecule has 0 aromatic heterocycles. The number of sulfonamides is 1. The van der Waals surface area contributed by atoms with Crippen molar-refractivity contribution in [3.05, 3.63) is 35.6 Å². The Bertz CT molecular complexity index is 531. The third-order valence-electron chi connectivity index (χ3n) is 3.58. The molecule has 1 aromatic rings. The first-order valence-corrected chi connectivity index (χ1v) is 8.50. The predicted octanol–water partition coefficient (Wildman–Crippen LogP) is 1.59. The number of likely N-dealkylation sites (tertiary alicyclic amines) is 1. The molecule has 1 fully saturated rings. The summed E-state index contributed by atoms with van der Waals surface area (Å²) in [6.45, 7) is 2.49. The van der Waals surface area contributed by atoms with Gasteiger partial charge in [-0.1, -0.05) is 12.1 Å². The molecule has 0 spiro atoms. The number of piperidine rings is 1. The van der Waals surface area contributed by atoms with Crippen molar-refractivity contribution in [2.75, 3.05) is 26.7 Å². The van der Waals surface area contributed by atoms with Crippen molar-refractivity contribution in [1.29, 1.82) is 0 Å². The monoisotopic (exact) mass is 300 g/mol. The molecule has 1 aliphatic heterocycles. The summed E-state index contributed by atoms with van der Waals surface area (Å²) in [6, 6.07) is 5.56. The fraction of sp³-hybridized carbons (Fsp3) is 0.571. The van der Waals surface area contributed by atoms with Crippen molar-refractivity contribution in [2.24, 2.45) is 5.92 Å². The molecule has 2 rings (SSSR count). The van der Waals surface area contributed by atoms with E-state index in [4.69, 9.17) is 0 Å². The molecule has 1 N–H and O–H groups in total. The molecule has 1 unspecified atom stereocenters. The fourth-order valence-electron chi connectivity index (χ4n) is 2.54. The minimum Gasteiger partial charge on any atom is -0.306 e. The molecule has 1 saturated heterocycles. The number of halogens is 1. The highest BCUT2D eigenvalue weighted by Crippen LogP contribution is 2.14. The van der Waals surface area contributed by atoms with Gasteiger partial charge >= 0.3 is 0 Å². The Hall–Kier alpha value is -0.980. The molecule has 0 saturated carbocycles. The van der Waals surface area contributed by atoms with E-state index in [-0.39, 0.29) is 11.6 Å². The van der Waals surface area contributed by atoms with Crippen LogP contribution >= 0.6 is 0 Å². The molecule has 1 aliphatic rings. The van der Waals surface area contributed by atoms with Gasteiger partial charge in [0.05, 0.1) is 5.75 Å². The van der Waals surface area contributed by atoms with Crippen LogP contribution < -0.4 is 4.72 Å². The largest absolute Gasteiger partial charge is 0.306 e. The minimum atomic E-state index is -3.36. The third-order valence-corrected chi connectivity index (χ3v) is 4.90. The highest BCUT2D eigenvalue weighted by molar-refractivity contribution is 7.88. The molecule has 0 bridgehead atoms. The third kappa shape index (κ3) is 4.85. The summed E-state index contributed by atoms with van der Waals surface area (Å²) < 4.78 is 39.4. The molecule has 0 amide bonds. The van der Waals surface area contributed by atoms with E-state index in [0.29, 0.717) is 18.0 Å². The van der Waals surface area contributed by atoms with E-state index in [2.05, 4.69) is 16.7 Å². The van der Waals surface area contributed by atoms with Gasteiger partial charge in [0.1, 0.15) is 5.82 Å². The maximum Gasteiger partial charge on any atom is 0.215 e. The molecule has 4 nitrogen and oxygen atoms in total. The Balaban J connectivity index is 1.86. The van der Waals surface area contributed by atoms with E-state index in [9.17, 15) is 12.8 Å².